The minimum atomic E-state index is -5.09. The highest BCUT2D eigenvalue weighted by molar-refractivity contribution is 5.84. The van der Waals surface area contributed by atoms with E-state index in [4.69, 9.17) is 0 Å². The number of nitrogens with zero attached hydrogens (tertiary/aromatic N) is 1. The summed E-state index contributed by atoms with van der Waals surface area (Å²) in [6, 6.07) is 0. The summed E-state index contributed by atoms with van der Waals surface area (Å²) in [4.78, 5) is 20.3. The molecule has 0 radical (unpaired) electrons. The molecule has 0 saturated heterocycles. The van der Waals surface area contributed by atoms with E-state index in [2.05, 4.69) is 5.84 Å². The number of hydrogen-bond donors (Lipinski definition) is 2. The first-order valence-corrected chi connectivity index (χ1v) is 2.68. The minimum Gasteiger partial charge on any atom is -0.274 e. The van der Waals surface area contributed by atoms with E-state index in [9.17, 15) is 22.8 Å². The van der Waals surface area contributed by atoms with Crippen LogP contribution in [0.2, 0.25) is 0 Å². The van der Waals surface area contributed by atoms with E-state index < -0.39 is 23.1 Å². The van der Waals surface area contributed by atoms with Crippen LogP contribution >= 0.6 is 0 Å². The van der Waals surface area contributed by atoms with Gasteiger partial charge < -0.3 is 0 Å². The Bertz CT molecular complexity index is 202. The molecule has 5 nitrogen and oxygen atoms in total. The number of halogens is 3. The van der Waals surface area contributed by atoms with Crippen LogP contribution in [0.3, 0.4) is 0 Å². The maximum atomic E-state index is 11.5. The van der Waals surface area contributed by atoms with Crippen molar-refractivity contribution in [3.05, 3.63) is 0 Å². The van der Waals surface area contributed by atoms with Crippen molar-refractivity contribution in [3.8, 4) is 0 Å². The summed E-state index contributed by atoms with van der Waals surface area (Å²) in [5.41, 5.74) is 1.45. The normalized spacial score (nSPS) is 10.8. The van der Waals surface area contributed by atoms with Gasteiger partial charge in [0.1, 0.15) is 0 Å². The molecular weight excluding hydrogens is 179 g/mol. The number of nitrogens with one attached hydrogen (secondary N) is 1. The van der Waals surface area contributed by atoms with Crippen LogP contribution in [0.5, 0.6) is 0 Å². The molecule has 0 unspecified atom stereocenters. The SMILES string of the molecule is CC(=O)NN(N)C(=O)C(F)(F)F. The van der Waals surface area contributed by atoms with E-state index >= 15 is 0 Å². The van der Waals surface area contributed by atoms with Crippen molar-refractivity contribution < 1.29 is 22.8 Å². The summed E-state index contributed by atoms with van der Waals surface area (Å²) >= 11 is 0. The van der Waals surface area contributed by atoms with E-state index in [1.54, 1.807) is 0 Å². The molecule has 12 heavy (non-hydrogen) atoms. The predicted octanol–water partition coefficient (Wildman–Crippen LogP) is -0.698. The molecule has 0 bridgehead atoms. The number of nitrogens with two attached hydrogens (primary N) is 1. The Hall–Kier alpha value is -1.31. The molecule has 70 valence electrons. The summed E-state index contributed by atoms with van der Waals surface area (Å²) in [5.74, 6) is 1.34. The van der Waals surface area contributed by atoms with Crippen LogP contribution in [0.25, 0.3) is 0 Å². The van der Waals surface area contributed by atoms with Crippen molar-refractivity contribution in [3.63, 3.8) is 0 Å². The van der Waals surface area contributed by atoms with Crippen molar-refractivity contribution in [1.29, 1.82) is 0 Å². The molecule has 0 heterocycles. The van der Waals surface area contributed by atoms with Gasteiger partial charge in [0, 0.05) is 6.92 Å². The third kappa shape index (κ3) is 3.19. The van der Waals surface area contributed by atoms with E-state index in [1.165, 1.54) is 5.43 Å². The van der Waals surface area contributed by atoms with Gasteiger partial charge in [-0.05, 0) is 0 Å². The number of rotatable bonds is 0. The molecule has 0 aromatic carbocycles. The van der Waals surface area contributed by atoms with Gasteiger partial charge in [-0.1, -0.05) is 0 Å². The van der Waals surface area contributed by atoms with Crippen molar-refractivity contribution >= 4 is 11.8 Å². The highest BCUT2D eigenvalue weighted by Crippen LogP contribution is 2.15. The first-order chi connectivity index (χ1) is 5.25. The van der Waals surface area contributed by atoms with Gasteiger partial charge >= 0.3 is 12.1 Å². The lowest BCUT2D eigenvalue weighted by Gasteiger charge is -2.17. The Morgan fingerprint density at radius 1 is 1.42 bits per heavy atom. The quantitative estimate of drug-likeness (QED) is 0.297. The van der Waals surface area contributed by atoms with Crippen LogP contribution in [-0.4, -0.2) is 23.1 Å². The average Bonchev–Trinajstić information content (AvgIpc) is 1.82. The lowest BCUT2D eigenvalue weighted by atomic mass is 10.6. The van der Waals surface area contributed by atoms with Gasteiger partial charge in [-0.15, -0.1) is 0 Å². The number of hydrazine groups is 2. The fourth-order valence-electron chi connectivity index (χ4n) is 0.357. The maximum absolute atomic E-state index is 11.5. The average molecular weight is 185 g/mol. The number of amides is 2. The zero-order valence-electron chi connectivity index (χ0n) is 5.97. The van der Waals surface area contributed by atoms with Gasteiger partial charge in [-0.2, -0.15) is 18.3 Å². The number of alkyl halides is 3. The second kappa shape index (κ2) is 3.39. The summed E-state index contributed by atoms with van der Waals surface area (Å²) in [6.07, 6.45) is -5.09. The van der Waals surface area contributed by atoms with Crippen LogP contribution in [0.15, 0.2) is 0 Å². The van der Waals surface area contributed by atoms with E-state index in [-0.39, 0.29) is 0 Å². The summed E-state index contributed by atoms with van der Waals surface area (Å²) in [5, 5.41) is -0.414. The number of carbonyl (C=O) groups excluding carboxylic acids is 2. The van der Waals surface area contributed by atoms with Crippen molar-refractivity contribution in [2.75, 3.05) is 0 Å². The zero-order chi connectivity index (χ0) is 9.94. The Balaban J connectivity index is 4.21. The number of carbonyl (C=O) groups is 2. The smallest absolute Gasteiger partial charge is 0.274 e. The third-order valence-corrected chi connectivity index (χ3v) is 0.739. The molecular formula is C4H6F3N3O2. The second-order valence-electron chi connectivity index (χ2n) is 1.84. The van der Waals surface area contributed by atoms with Crippen molar-refractivity contribution in [1.82, 2.24) is 10.5 Å². The first-order valence-electron chi connectivity index (χ1n) is 2.68. The Labute approximate surface area is 65.2 Å². The molecule has 0 rings (SSSR count). The Kier molecular flexibility index (Phi) is 3.02. The van der Waals surface area contributed by atoms with E-state index in [0.29, 0.717) is 0 Å². The zero-order valence-corrected chi connectivity index (χ0v) is 5.97. The summed E-state index contributed by atoms with van der Waals surface area (Å²) in [7, 11) is 0. The molecule has 2 amide bonds. The molecule has 8 heteroatoms. The van der Waals surface area contributed by atoms with Gasteiger partial charge in [0.05, 0.1) is 0 Å². The van der Waals surface area contributed by atoms with Crippen molar-refractivity contribution in [2.45, 2.75) is 13.1 Å². The summed E-state index contributed by atoms with van der Waals surface area (Å²) < 4.78 is 34.6. The second-order valence-corrected chi connectivity index (χ2v) is 1.84. The van der Waals surface area contributed by atoms with Crippen LogP contribution in [0.4, 0.5) is 13.2 Å². The summed E-state index contributed by atoms with van der Waals surface area (Å²) in [6.45, 7) is 0.920. The lowest BCUT2D eigenvalue weighted by molar-refractivity contribution is -0.189. The maximum Gasteiger partial charge on any atom is 0.474 e. The minimum absolute atomic E-state index is 0.414. The van der Waals surface area contributed by atoms with Crippen LogP contribution in [0, 0.1) is 0 Å². The van der Waals surface area contributed by atoms with E-state index in [1.807, 2.05) is 0 Å². The lowest BCUT2D eigenvalue weighted by Crippen LogP contribution is -2.54. The van der Waals surface area contributed by atoms with Crippen LogP contribution in [0.1, 0.15) is 6.92 Å². The molecule has 0 aliphatic heterocycles. The van der Waals surface area contributed by atoms with Gasteiger partial charge in [0.15, 0.2) is 0 Å². The standard InChI is InChI=1S/C4H6F3N3O2/c1-2(11)9-10(8)3(12)4(5,6)7/h8H2,1H3,(H,9,11). The highest BCUT2D eigenvalue weighted by atomic mass is 19.4. The molecule has 3 N–H and O–H groups in total. The fourth-order valence-corrected chi connectivity index (χ4v) is 0.357. The Morgan fingerprint density at radius 2 is 1.83 bits per heavy atom. The first kappa shape index (κ1) is 10.7. The third-order valence-electron chi connectivity index (χ3n) is 0.739. The van der Waals surface area contributed by atoms with Gasteiger partial charge in [0.2, 0.25) is 5.91 Å². The molecule has 0 aliphatic rings. The molecule has 0 atom stereocenters. The predicted molar refractivity (Wildman–Crippen MR) is 30.9 cm³/mol. The van der Waals surface area contributed by atoms with Crippen molar-refractivity contribution in [2.24, 2.45) is 5.84 Å². The molecule has 0 aromatic rings. The largest absolute Gasteiger partial charge is 0.474 e. The molecule has 0 fully saturated rings. The molecule has 0 spiro atoms. The Morgan fingerprint density at radius 3 is 2.08 bits per heavy atom. The fraction of sp³-hybridized carbons (Fsp3) is 0.500. The monoisotopic (exact) mass is 185 g/mol. The highest BCUT2D eigenvalue weighted by Gasteiger charge is 2.42. The topological polar surface area (TPSA) is 75.4 Å². The van der Waals surface area contributed by atoms with Gasteiger partial charge in [0.25, 0.3) is 0 Å². The molecule has 0 saturated carbocycles. The van der Waals surface area contributed by atoms with Gasteiger partial charge in [-0.3, -0.25) is 15.0 Å². The van der Waals surface area contributed by atoms with Crippen LogP contribution in [-0.2, 0) is 9.59 Å². The molecule has 0 aliphatic carbocycles. The van der Waals surface area contributed by atoms with Crippen LogP contribution < -0.4 is 11.3 Å². The number of hydrogen-bond acceptors (Lipinski definition) is 3. The van der Waals surface area contributed by atoms with E-state index in [0.717, 1.165) is 6.92 Å². The molecule has 0 aromatic heterocycles. The van der Waals surface area contributed by atoms with Gasteiger partial charge in [-0.25, -0.2) is 5.84 Å².